The summed E-state index contributed by atoms with van der Waals surface area (Å²) in [6.07, 6.45) is 19.6. The maximum absolute atomic E-state index is 11.8. The second-order valence-electron chi connectivity index (χ2n) is 9.07. The summed E-state index contributed by atoms with van der Waals surface area (Å²) in [5.74, 6) is -2.98. The summed E-state index contributed by atoms with van der Waals surface area (Å²) in [7, 11) is -4.89. The fourth-order valence-corrected chi connectivity index (χ4v) is 4.24. The molecular formula is C26H47NO9S. The van der Waals surface area contributed by atoms with Crippen molar-refractivity contribution in [2.24, 2.45) is 0 Å². The van der Waals surface area contributed by atoms with E-state index in [0.29, 0.717) is 6.42 Å². The molecule has 0 aliphatic heterocycles. The number of carboxylic acid groups (broad SMARTS) is 1. The normalized spacial score (nSPS) is 12.5. The van der Waals surface area contributed by atoms with Crippen LogP contribution in [-0.2, 0) is 34.0 Å². The molecule has 37 heavy (non-hydrogen) atoms. The van der Waals surface area contributed by atoms with E-state index < -0.39 is 33.7 Å². The van der Waals surface area contributed by atoms with Gasteiger partial charge in [-0.1, -0.05) is 70.4 Å². The van der Waals surface area contributed by atoms with E-state index >= 15 is 0 Å². The first-order chi connectivity index (χ1) is 17.7. The molecule has 0 radical (unpaired) electrons. The van der Waals surface area contributed by atoms with E-state index in [-0.39, 0.29) is 32.3 Å². The first kappa shape index (κ1) is 35.0. The van der Waals surface area contributed by atoms with Gasteiger partial charge in [-0.2, -0.15) is 8.42 Å². The van der Waals surface area contributed by atoms with Gasteiger partial charge in [0.15, 0.2) is 5.25 Å². The Kier molecular flexibility index (Phi) is 21.9. The van der Waals surface area contributed by atoms with Gasteiger partial charge in [0.2, 0.25) is 5.91 Å². The van der Waals surface area contributed by atoms with E-state index in [1.54, 1.807) is 0 Å². The van der Waals surface area contributed by atoms with E-state index in [1.165, 1.54) is 57.8 Å². The van der Waals surface area contributed by atoms with Crippen molar-refractivity contribution in [1.29, 1.82) is 0 Å². The van der Waals surface area contributed by atoms with E-state index in [4.69, 9.17) is 14.4 Å². The Morgan fingerprint density at radius 2 is 1.41 bits per heavy atom. The molecule has 0 saturated carbocycles. The summed E-state index contributed by atoms with van der Waals surface area (Å²) in [5.41, 5.74) is 0. The minimum atomic E-state index is -4.89. The van der Waals surface area contributed by atoms with Gasteiger partial charge in [-0.3, -0.25) is 18.9 Å². The topological polar surface area (TPSA) is 156 Å². The Bertz CT molecular complexity index is 753. The Hall–Kier alpha value is -1.98. The highest BCUT2D eigenvalue weighted by Gasteiger charge is 2.34. The number of nitrogens with one attached hydrogen (secondary N) is 1. The minimum Gasteiger partial charge on any atom is -0.481 e. The van der Waals surface area contributed by atoms with E-state index in [2.05, 4.69) is 29.1 Å². The Labute approximate surface area is 222 Å². The van der Waals surface area contributed by atoms with E-state index in [9.17, 15) is 22.8 Å². The molecule has 0 aliphatic carbocycles. The monoisotopic (exact) mass is 549 g/mol. The molecule has 0 heterocycles. The van der Waals surface area contributed by atoms with Crippen LogP contribution in [0.2, 0.25) is 0 Å². The molecule has 1 amide bonds. The number of hydrogen-bond donors (Lipinski definition) is 3. The number of unbranched alkanes of at least 4 members (excludes halogenated alkanes) is 11. The zero-order chi connectivity index (χ0) is 27.8. The molecule has 0 aromatic rings. The van der Waals surface area contributed by atoms with Crippen molar-refractivity contribution in [2.75, 3.05) is 26.4 Å². The quantitative estimate of drug-likeness (QED) is 0.0648. The van der Waals surface area contributed by atoms with Gasteiger partial charge in [-0.15, -0.1) is 0 Å². The van der Waals surface area contributed by atoms with Gasteiger partial charge in [0, 0.05) is 13.0 Å². The van der Waals surface area contributed by atoms with Gasteiger partial charge in [0.05, 0.1) is 19.6 Å². The summed E-state index contributed by atoms with van der Waals surface area (Å²) in [5, 5.41) is 9.18. The lowest BCUT2D eigenvalue weighted by Gasteiger charge is -2.11. The Balaban J connectivity index is 3.56. The van der Waals surface area contributed by atoms with Crippen molar-refractivity contribution < 1.29 is 41.9 Å². The molecule has 216 valence electrons. The Morgan fingerprint density at radius 3 is 1.97 bits per heavy atom. The molecule has 0 aromatic carbocycles. The number of amides is 1. The molecule has 11 heteroatoms. The van der Waals surface area contributed by atoms with Crippen LogP contribution in [-0.4, -0.2) is 67.5 Å². The number of carboxylic acids is 1. The smallest absolute Gasteiger partial charge is 0.327 e. The van der Waals surface area contributed by atoms with Crippen molar-refractivity contribution in [1.82, 2.24) is 5.32 Å². The zero-order valence-corrected chi connectivity index (χ0v) is 23.1. The lowest BCUT2D eigenvalue weighted by Crippen LogP contribution is -2.34. The molecule has 10 nitrogen and oxygen atoms in total. The molecule has 0 fully saturated rings. The number of aliphatic carboxylic acids is 1. The van der Waals surface area contributed by atoms with Crippen LogP contribution in [0.1, 0.15) is 103 Å². The van der Waals surface area contributed by atoms with Gasteiger partial charge < -0.3 is 19.9 Å². The summed E-state index contributed by atoms with van der Waals surface area (Å²) >= 11 is 0. The molecule has 3 N–H and O–H groups in total. The molecule has 1 atom stereocenters. The van der Waals surface area contributed by atoms with Crippen LogP contribution in [0.15, 0.2) is 12.2 Å². The first-order valence-corrected chi connectivity index (χ1v) is 15.0. The van der Waals surface area contributed by atoms with Crippen LogP contribution >= 0.6 is 0 Å². The number of hydrogen-bond acceptors (Lipinski definition) is 7. The second-order valence-corrected chi connectivity index (χ2v) is 10.7. The molecule has 0 aliphatic rings. The van der Waals surface area contributed by atoms with Crippen LogP contribution in [0.25, 0.3) is 0 Å². The lowest BCUT2D eigenvalue weighted by molar-refractivity contribution is -0.148. The highest BCUT2D eigenvalue weighted by atomic mass is 32.2. The van der Waals surface area contributed by atoms with Crippen LogP contribution in [0.4, 0.5) is 0 Å². The number of ether oxygens (including phenoxy) is 2. The third-order valence-electron chi connectivity index (χ3n) is 5.69. The molecule has 1 unspecified atom stereocenters. The predicted molar refractivity (Wildman–Crippen MR) is 142 cm³/mol. The van der Waals surface area contributed by atoms with Gasteiger partial charge in [-0.05, 0) is 32.1 Å². The van der Waals surface area contributed by atoms with Crippen molar-refractivity contribution in [3.8, 4) is 0 Å². The van der Waals surface area contributed by atoms with Crippen LogP contribution in [0, 0.1) is 0 Å². The van der Waals surface area contributed by atoms with Gasteiger partial charge in [0.25, 0.3) is 10.1 Å². The van der Waals surface area contributed by atoms with E-state index in [1.807, 2.05) is 0 Å². The molecule has 0 bridgehead atoms. The van der Waals surface area contributed by atoms with Crippen LogP contribution in [0.5, 0.6) is 0 Å². The lowest BCUT2D eigenvalue weighted by atomic mass is 10.1. The van der Waals surface area contributed by atoms with Crippen LogP contribution < -0.4 is 5.32 Å². The molecule has 0 saturated heterocycles. The first-order valence-electron chi connectivity index (χ1n) is 13.5. The summed E-state index contributed by atoms with van der Waals surface area (Å²) < 4.78 is 40.9. The fourth-order valence-electron chi connectivity index (χ4n) is 3.57. The van der Waals surface area contributed by atoms with Crippen molar-refractivity contribution in [3.63, 3.8) is 0 Å². The van der Waals surface area contributed by atoms with E-state index in [0.717, 1.165) is 25.7 Å². The summed E-state index contributed by atoms with van der Waals surface area (Å²) in [6.45, 7) is 2.31. The number of carbonyl (C=O) groups is 3. The third-order valence-corrected chi connectivity index (χ3v) is 6.77. The fraction of sp³-hybridized carbons (Fsp3) is 0.808. The molecular weight excluding hydrogens is 502 g/mol. The van der Waals surface area contributed by atoms with Gasteiger partial charge in [-0.25, -0.2) is 0 Å². The second kappa shape index (κ2) is 23.2. The third kappa shape index (κ3) is 22.9. The molecule has 0 rings (SSSR count). The minimum absolute atomic E-state index is 0.0580. The molecule has 0 spiro atoms. The highest BCUT2D eigenvalue weighted by Crippen LogP contribution is 2.10. The largest absolute Gasteiger partial charge is 0.481 e. The predicted octanol–water partition coefficient (Wildman–Crippen LogP) is 4.43. The average molecular weight is 550 g/mol. The van der Waals surface area contributed by atoms with Gasteiger partial charge >= 0.3 is 11.9 Å². The SMILES string of the molecule is CCCCCCCCC=CCCCCCCCC(=O)NCCOCCOC(=O)C(CC(=O)O)S(=O)(=O)O. The van der Waals surface area contributed by atoms with Crippen LogP contribution in [0.3, 0.4) is 0 Å². The number of allylic oxidation sites excluding steroid dienone is 2. The van der Waals surface area contributed by atoms with Crippen molar-refractivity contribution in [2.45, 2.75) is 108 Å². The standard InChI is InChI=1S/C26H47NO9S/c1-2-3-4-5-6-7-8-9-10-11-12-13-14-15-16-17-24(28)27-18-19-35-20-21-36-26(31)23(22-25(29)30)37(32,33)34/h9-10,23H,2-8,11-22H2,1H3,(H,27,28)(H,29,30)(H,32,33,34). The molecule has 0 aromatic heterocycles. The maximum atomic E-state index is 11.8. The number of esters is 1. The number of rotatable bonds is 25. The van der Waals surface area contributed by atoms with Gasteiger partial charge in [0.1, 0.15) is 6.61 Å². The highest BCUT2D eigenvalue weighted by molar-refractivity contribution is 7.87. The van der Waals surface area contributed by atoms with Crippen molar-refractivity contribution in [3.05, 3.63) is 12.2 Å². The maximum Gasteiger partial charge on any atom is 0.327 e. The number of carbonyl (C=O) groups excluding carboxylic acids is 2. The van der Waals surface area contributed by atoms with Crippen molar-refractivity contribution >= 4 is 28.0 Å². The zero-order valence-electron chi connectivity index (χ0n) is 22.3. The summed E-state index contributed by atoms with van der Waals surface area (Å²) in [4.78, 5) is 34.1. The average Bonchev–Trinajstić information content (AvgIpc) is 2.83. The Morgan fingerprint density at radius 1 is 0.838 bits per heavy atom. The summed E-state index contributed by atoms with van der Waals surface area (Å²) in [6, 6.07) is 0.